The summed E-state index contributed by atoms with van der Waals surface area (Å²) in [6.07, 6.45) is 2.15. The highest BCUT2D eigenvalue weighted by Crippen LogP contribution is 2.40. The zero-order valence-electron chi connectivity index (χ0n) is 20.3. The number of nitrogens with one attached hydrogen (secondary N) is 1. The van der Waals surface area contributed by atoms with E-state index in [1.807, 2.05) is 27.7 Å². The van der Waals surface area contributed by atoms with Crippen LogP contribution < -0.4 is 11.2 Å². The quantitative estimate of drug-likeness (QED) is 0.396. The van der Waals surface area contributed by atoms with Gasteiger partial charge in [-0.15, -0.1) is 11.3 Å². The topological polar surface area (TPSA) is 92.9 Å². The van der Waals surface area contributed by atoms with E-state index >= 15 is 0 Å². The molecule has 0 unspecified atom stereocenters. The second-order valence-electron chi connectivity index (χ2n) is 9.83. The Kier molecular flexibility index (Phi) is 6.01. The fraction of sp³-hybridized carbons (Fsp3) is 0.423. The van der Waals surface area contributed by atoms with Crippen LogP contribution >= 0.6 is 11.3 Å². The van der Waals surface area contributed by atoms with Crippen molar-refractivity contribution in [3.63, 3.8) is 0 Å². The monoisotopic (exact) mass is 496 g/mol. The van der Waals surface area contributed by atoms with Crippen molar-refractivity contribution < 1.29 is 9.50 Å². The average molecular weight is 497 g/mol. The third-order valence-corrected chi connectivity index (χ3v) is 7.87. The minimum Gasteiger partial charge on any atom is -0.392 e. The Morgan fingerprint density at radius 3 is 2.60 bits per heavy atom. The summed E-state index contributed by atoms with van der Waals surface area (Å²) in [5, 5.41) is 17.5. The van der Waals surface area contributed by atoms with Crippen molar-refractivity contribution in [2.24, 2.45) is 5.92 Å². The van der Waals surface area contributed by atoms with Gasteiger partial charge in [-0.1, -0.05) is 19.9 Å². The molecule has 4 aromatic rings. The van der Waals surface area contributed by atoms with Crippen LogP contribution in [0.15, 0.2) is 27.8 Å². The maximum atomic E-state index is 14.3. The van der Waals surface area contributed by atoms with Gasteiger partial charge in [-0.2, -0.15) is 5.10 Å². The number of aliphatic hydroxyl groups is 1. The van der Waals surface area contributed by atoms with E-state index in [-0.39, 0.29) is 28.8 Å². The maximum Gasteiger partial charge on any atom is 0.332 e. The van der Waals surface area contributed by atoms with E-state index in [2.05, 4.69) is 10.2 Å². The second-order valence-corrected chi connectivity index (χ2v) is 10.9. The molecular formula is C26H29FN4O3S. The Bertz CT molecular complexity index is 1540. The second kappa shape index (κ2) is 8.87. The van der Waals surface area contributed by atoms with Gasteiger partial charge in [-0.05, 0) is 50.3 Å². The van der Waals surface area contributed by atoms with Crippen LogP contribution in [0.25, 0.3) is 21.3 Å². The van der Waals surface area contributed by atoms with Crippen molar-refractivity contribution in [2.75, 3.05) is 0 Å². The maximum absolute atomic E-state index is 14.3. The van der Waals surface area contributed by atoms with Gasteiger partial charge in [0.25, 0.3) is 5.56 Å². The van der Waals surface area contributed by atoms with Gasteiger partial charge >= 0.3 is 5.69 Å². The third kappa shape index (κ3) is 4.06. The number of rotatable bonds is 7. The number of nitrogens with zero attached hydrogens (tertiary/aromatic N) is 3. The van der Waals surface area contributed by atoms with Crippen molar-refractivity contribution in [3.05, 3.63) is 72.2 Å². The van der Waals surface area contributed by atoms with Gasteiger partial charge in [-0.3, -0.25) is 19.0 Å². The summed E-state index contributed by atoms with van der Waals surface area (Å²) in [6, 6.07) is 4.50. The number of benzene rings is 1. The fourth-order valence-electron chi connectivity index (χ4n) is 4.73. The number of H-pyrrole nitrogens is 1. The molecule has 1 saturated carbocycles. The van der Waals surface area contributed by atoms with Crippen molar-refractivity contribution in [2.45, 2.75) is 66.2 Å². The molecule has 0 radical (unpaired) electrons. The Hall–Kier alpha value is -3.04. The summed E-state index contributed by atoms with van der Waals surface area (Å²) in [4.78, 5) is 28.9. The highest BCUT2D eigenvalue weighted by atomic mass is 32.1. The Morgan fingerprint density at radius 2 is 2.00 bits per heavy atom. The fourth-order valence-corrected chi connectivity index (χ4v) is 6.06. The molecule has 0 spiro atoms. The number of hydrogen-bond acceptors (Lipinski definition) is 5. The van der Waals surface area contributed by atoms with Gasteiger partial charge in [-0.25, -0.2) is 9.18 Å². The molecule has 0 saturated heterocycles. The molecule has 1 aliphatic rings. The summed E-state index contributed by atoms with van der Waals surface area (Å²) in [6.45, 7) is 8.04. The van der Waals surface area contributed by atoms with Gasteiger partial charge < -0.3 is 5.11 Å². The molecule has 1 aromatic carbocycles. The molecule has 9 heteroatoms. The highest BCUT2D eigenvalue weighted by Gasteiger charge is 2.31. The Labute approximate surface area is 205 Å². The zero-order chi connectivity index (χ0) is 25.0. The molecule has 1 aliphatic carbocycles. The number of aromatic amines is 1. The van der Waals surface area contributed by atoms with E-state index in [1.165, 1.54) is 22.0 Å². The summed E-state index contributed by atoms with van der Waals surface area (Å²) in [7, 11) is 0. The molecule has 2 N–H and O–H groups in total. The first-order valence-electron chi connectivity index (χ1n) is 11.9. The SMILES string of the molecule is Cc1n[nH]c(C)c1Cc1sc2c(c1-c1ccc(F)c(CO)c1)c(=O)n(C1CC1)c(=O)n2CC(C)C. The van der Waals surface area contributed by atoms with Crippen LogP contribution in [0.5, 0.6) is 0 Å². The van der Waals surface area contributed by atoms with Crippen LogP contribution in [-0.4, -0.2) is 24.4 Å². The molecule has 0 bridgehead atoms. The lowest BCUT2D eigenvalue weighted by molar-refractivity contribution is 0.276. The Morgan fingerprint density at radius 1 is 1.26 bits per heavy atom. The number of hydrogen-bond donors (Lipinski definition) is 2. The molecule has 184 valence electrons. The molecule has 35 heavy (non-hydrogen) atoms. The molecule has 3 aromatic heterocycles. The standard InChI is InChI=1S/C26H29FN4O3S/c1-13(2)11-30-25-23(24(33)31(26(30)34)18-6-7-18)22(16-5-8-20(27)17(9-16)12-32)21(35-25)10-19-14(3)28-29-15(19)4/h5,8-9,13,18,32H,6-7,10-12H2,1-4H3,(H,28,29). The summed E-state index contributed by atoms with van der Waals surface area (Å²) in [5.74, 6) is -0.286. The van der Waals surface area contributed by atoms with E-state index < -0.39 is 12.4 Å². The van der Waals surface area contributed by atoms with Crippen LogP contribution in [0.4, 0.5) is 4.39 Å². The van der Waals surface area contributed by atoms with E-state index in [4.69, 9.17) is 0 Å². The summed E-state index contributed by atoms with van der Waals surface area (Å²) in [5.41, 5.74) is 3.82. The van der Waals surface area contributed by atoms with Crippen LogP contribution in [0.1, 0.15) is 60.1 Å². The molecule has 1 fully saturated rings. The van der Waals surface area contributed by atoms with E-state index in [1.54, 1.807) is 16.7 Å². The molecule has 0 amide bonds. The first-order valence-corrected chi connectivity index (χ1v) is 12.7. The zero-order valence-corrected chi connectivity index (χ0v) is 21.1. The Balaban J connectivity index is 1.88. The van der Waals surface area contributed by atoms with Gasteiger partial charge in [0, 0.05) is 46.3 Å². The smallest absolute Gasteiger partial charge is 0.332 e. The minimum atomic E-state index is -0.494. The summed E-state index contributed by atoms with van der Waals surface area (Å²) >= 11 is 1.44. The molecule has 0 atom stereocenters. The number of aromatic nitrogens is 4. The van der Waals surface area contributed by atoms with Gasteiger partial charge in [0.1, 0.15) is 10.6 Å². The van der Waals surface area contributed by atoms with Crippen LogP contribution in [0, 0.1) is 25.6 Å². The van der Waals surface area contributed by atoms with Crippen molar-refractivity contribution in [1.29, 1.82) is 0 Å². The molecule has 5 rings (SSSR count). The largest absolute Gasteiger partial charge is 0.392 e. The van der Waals surface area contributed by atoms with Gasteiger partial charge in [0.05, 0.1) is 17.7 Å². The third-order valence-electron chi connectivity index (χ3n) is 6.66. The van der Waals surface area contributed by atoms with E-state index in [9.17, 15) is 19.1 Å². The van der Waals surface area contributed by atoms with Crippen LogP contribution in [0.2, 0.25) is 0 Å². The first kappa shape index (κ1) is 23.7. The molecule has 0 aliphatic heterocycles. The predicted octanol–water partition coefficient (Wildman–Crippen LogP) is 4.44. The van der Waals surface area contributed by atoms with E-state index in [0.717, 1.165) is 34.7 Å². The number of aliphatic hydroxyl groups excluding tert-OH is 1. The number of fused-ring (bicyclic) bond motifs is 1. The van der Waals surface area contributed by atoms with Crippen molar-refractivity contribution in [3.8, 4) is 11.1 Å². The molecular weight excluding hydrogens is 467 g/mol. The van der Waals surface area contributed by atoms with E-state index in [0.29, 0.717) is 34.3 Å². The lowest BCUT2D eigenvalue weighted by atomic mass is 9.97. The number of halogens is 1. The van der Waals surface area contributed by atoms with Crippen LogP contribution in [-0.2, 0) is 19.6 Å². The summed E-state index contributed by atoms with van der Waals surface area (Å²) < 4.78 is 17.4. The lowest BCUT2D eigenvalue weighted by Gasteiger charge is -2.14. The average Bonchev–Trinajstić information content (AvgIpc) is 3.50. The van der Waals surface area contributed by atoms with Gasteiger partial charge in [0.15, 0.2) is 0 Å². The highest BCUT2D eigenvalue weighted by molar-refractivity contribution is 7.19. The minimum absolute atomic E-state index is 0.0754. The number of thiophene rings is 1. The van der Waals surface area contributed by atoms with Crippen molar-refractivity contribution in [1.82, 2.24) is 19.3 Å². The normalized spacial score (nSPS) is 13.9. The molecule has 7 nitrogen and oxygen atoms in total. The lowest BCUT2D eigenvalue weighted by Crippen LogP contribution is -2.39. The molecule has 3 heterocycles. The first-order chi connectivity index (χ1) is 16.7. The number of aryl methyl sites for hydroxylation is 2. The van der Waals surface area contributed by atoms with Gasteiger partial charge in [0.2, 0.25) is 0 Å². The van der Waals surface area contributed by atoms with Crippen LogP contribution in [0.3, 0.4) is 0 Å². The predicted molar refractivity (Wildman–Crippen MR) is 136 cm³/mol. The van der Waals surface area contributed by atoms with Crippen molar-refractivity contribution >= 4 is 21.6 Å².